The van der Waals surface area contributed by atoms with Gasteiger partial charge in [-0.05, 0) is 37.3 Å². The van der Waals surface area contributed by atoms with Crippen molar-refractivity contribution in [2.24, 2.45) is 0 Å². The number of aromatic nitrogens is 2. The van der Waals surface area contributed by atoms with Crippen molar-refractivity contribution in [1.82, 2.24) is 9.55 Å². The Balaban J connectivity index is 1.84. The molecule has 0 aliphatic carbocycles. The zero-order valence-corrected chi connectivity index (χ0v) is 13.3. The van der Waals surface area contributed by atoms with Gasteiger partial charge in [0.1, 0.15) is 12.4 Å². The minimum atomic E-state index is -0.185. The van der Waals surface area contributed by atoms with Gasteiger partial charge < -0.3 is 9.88 Å². The Morgan fingerprint density at radius 1 is 1.23 bits per heavy atom. The second kappa shape index (κ2) is 5.99. The van der Waals surface area contributed by atoms with Crippen LogP contribution in [0.2, 0.25) is 10.0 Å². The highest BCUT2D eigenvalue weighted by molar-refractivity contribution is 6.35. The van der Waals surface area contributed by atoms with Gasteiger partial charge in [-0.2, -0.15) is 0 Å². The summed E-state index contributed by atoms with van der Waals surface area (Å²) in [6.45, 7) is 2.04. The Morgan fingerprint density at radius 2 is 2.00 bits per heavy atom. The van der Waals surface area contributed by atoms with E-state index in [1.807, 2.05) is 35.8 Å². The van der Waals surface area contributed by atoms with Gasteiger partial charge in [-0.1, -0.05) is 35.3 Å². The third-order valence-electron chi connectivity index (χ3n) is 3.35. The van der Waals surface area contributed by atoms with Crippen molar-refractivity contribution in [3.63, 3.8) is 0 Å². The summed E-state index contributed by atoms with van der Waals surface area (Å²) in [5.74, 6) is 0.601. The van der Waals surface area contributed by atoms with Gasteiger partial charge in [0.25, 0.3) is 0 Å². The monoisotopic (exact) mass is 333 g/mol. The Kier molecular flexibility index (Phi) is 4.05. The topological polar surface area (TPSA) is 46.9 Å². The van der Waals surface area contributed by atoms with Gasteiger partial charge >= 0.3 is 0 Å². The number of hydrogen-bond acceptors (Lipinski definition) is 2. The highest BCUT2D eigenvalue weighted by Crippen LogP contribution is 2.25. The molecule has 0 radical (unpaired) electrons. The third kappa shape index (κ3) is 2.93. The summed E-state index contributed by atoms with van der Waals surface area (Å²) < 4.78 is 1.86. The number of halogens is 2. The molecular weight excluding hydrogens is 321 g/mol. The Morgan fingerprint density at radius 3 is 2.82 bits per heavy atom. The Bertz CT molecular complexity index is 858. The molecule has 0 atom stereocenters. The van der Waals surface area contributed by atoms with E-state index >= 15 is 0 Å². The average Bonchev–Trinajstić information content (AvgIpc) is 2.79. The van der Waals surface area contributed by atoms with Crippen LogP contribution in [0, 0.1) is 6.92 Å². The number of para-hydroxylation sites is 2. The highest BCUT2D eigenvalue weighted by Gasteiger charge is 2.12. The van der Waals surface area contributed by atoms with Crippen LogP contribution in [0.4, 0.5) is 5.69 Å². The lowest BCUT2D eigenvalue weighted by atomic mass is 10.3. The summed E-state index contributed by atoms with van der Waals surface area (Å²) in [4.78, 5) is 16.7. The third-order valence-corrected chi connectivity index (χ3v) is 3.91. The molecule has 1 heterocycles. The summed E-state index contributed by atoms with van der Waals surface area (Å²) in [5.41, 5.74) is 2.29. The molecule has 0 spiro atoms. The Labute approximate surface area is 137 Å². The van der Waals surface area contributed by atoms with Crippen molar-refractivity contribution in [3.8, 4) is 0 Å². The number of nitrogens with one attached hydrogen (secondary N) is 1. The predicted molar refractivity (Wildman–Crippen MR) is 89.6 cm³/mol. The number of fused-ring (bicyclic) bond motifs is 1. The first-order valence-corrected chi connectivity index (χ1v) is 7.47. The van der Waals surface area contributed by atoms with Gasteiger partial charge in [0, 0.05) is 5.02 Å². The number of carbonyl (C=O) groups excluding carboxylic acids is 1. The van der Waals surface area contributed by atoms with Gasteiger partial charge in [-0.3, -0.25) is 4.79 Å². The quantitative estimate of drug-likeness (QED) is 0.777. The number of anilines is 1. The van der Waals surface area contributed by atoms with Crippen molar-refractivity contribution in [2.75, 3.05) is 5.32 Å². The molecule has 1 N–H and O–H groups in total. The van der Waals surface area contributed by atoms with Crippen molar-refractivity contribution in [3.05, 3.63) is 58.3 Å². The molecule has 1 aromatic heterocycles. The molecule has 6 heteroatoms. The first-order chi connectivity index (χ1) is 10.5. The first-order valence-electron chi connectivity index (χ1n) is 6.71. The fourth-order valence-corrected chi connectivity index (χ4v) is 2.66. The zero-order valence-electron chi connectivity index (χ0n) is 11.8. The van der Waals surface area contributed by atoms with Crippen LogP contribution < -0.4 is 5.32 Å². The molecule has 22 heavy (non-hydrogen) atoms. The van der Waals surface area contributed by atoms with E-state index in [2.05, 4.69) is 10.3 Å². The molecule has 0 saturated heterocycles. The normalized spacial score (nSPS) is 10.9. The van der Waals surface area contributed by atoms with E-state index in [0.717, 1.165) is 16.9 Å². The van der Waals surface area contributed by atoms with Crippen molar-refractivity contribution in [2.45, 2.75) is 13.5 Å². The van der Waals surface area contributed by atoms with E-state index in [9.17, 15) is 4.79 Å². The van der Waals surface area contributed by atoms with E-state index in [4.69, 9.17) is 23.2 Å². The lowest BCUT2D eigenvalue weighted by molar-refractivity contribution is -0.116. The molecule has 0 unspecified atom stereocenters. The van der Waals surface area contributed by atoms with Crippen molar-refractivity contribution in [1.29, 1.82) is 0 Å². The number of imidazole rings is 1. The molecule has 2 aromatic carbocycles. The maximum absolute atomic E-state index is 12.3. The fourth-order valence-electron chi connectivity index (χ4n) is 2.32. The zero-order chi connectivity index (χ0) is 15.7. The van der Waals surface area contributed by atoms with Crippen LogP contribution in [0.5, 0.6) is 0 Å². The summed E-state index contributed by atoms with van der Waals surface area (Å²) >= 11 is 12.0. The fraction of sp³-hybridized carbons (Fsp3) is 0.125. The van der Waals surface area contributed by atoms with Gasteiger partial charge in [0.15, 0.2) is 0 Å². The molecule has 0 saturated carbocycles. The van der Waals surface area contributed by atoms with Gasteiger partial charge in [-0.25, -0.2) is 4.98 Å². The van der Waals surface area contributed by atoms with Crippen LogP contribution >= 0.6 is 23.2 Å². The van der Waals surface area contributed by atoms with Crippen molar-refractivity contribution >= 4 is 45.8 Å². The number of benzene rings is 2. The molecule has 0 aliphatic heterocycles. The number of rotatable bonds is 3. The van der Waals surface area contributed by atoms with E-state index in [0.29, 0.717) is 15.7 Å². The lowest BCUT2D eigenvalue weighted by Gasteiger charge is -2.10. The molecule has 3 aromatic rings. The van der Waals surface area contributed by atoms with Crippen LogP contribution in [0.15, 0.2) is 42.5 Å². The van der Waals surface area contributed by atoms with Gasteiger partial charge in [0.05, 0.1) is 21.7 Å². The molecular formula is C16H13Cl2N3O. The van der Waals surface area contributed by atoms with Crippen LogP contribution in [0.1, 0.15) is 5.82 Å². The maximum atomic E-state index is 12.3. The van der Waals surface area contributed by atoms with E-state index in [1.54, 1.807) is 18.2 Å². The molecule has 3 rings (SSSR count). The lowest BCUT2D eigenvalue weighted by Crippen LogP contribution is -2.19. The molecule has 0 aliphatic rings. The largest absolute Gasteiger partial charge is 0.323 e. The van der Waals surface area contributed by atoms with E-state index < -0.39 is 0 Å². The van der Waals surface area contributed by atoms with Crippen LogP contribution in [0.25, 0.3) is 11.0 Å². The van der Waals surface area contributed by atoms with Gasteiger partial charge in [-0.15, -0.1) is 0 Å². The number of aryl methyl sites for hydroxylation is 1. The standard InChI is InChI=1S/C16H13Cl2N3O/c1-10-19-13-4-2-3-5-15(13)21(10)9-16(22)20-14-8-11(17)6-7-12(14)18/h2-8H,9H2,1H3,(H,20,22). The molecule has 112 valence electrons. The molecule has 4 nitrogen and oxygen atoms in total. The van der Waals surface area contributed by atoms with Crippen LogP contribution in [0.3, 0.4) is 0 Å². The summed E-state index contributed by atoms with van der Waals surface area (Å²) in [6, 6.07) is 12.7. The predicted octanol–water partition coefficient (Wildman–Crippen LogP) is 4.29. The smallest absolute Gasteiger partial charge is 0.244 e. The number of nitrogens with zero attached hydrogens (tertiary/aromatic N) is 2. The Hall–Kier alpha value is -2.04. The second-order valence-corrected chi connectivity index (χ2v) is 5.75. The summed E-state index contributed by atoms with van der Waals surface area (Å²) in [6.07, 6.45) is 0. The van der Waals surface area contributed by atoms with E-state index in [-0.39, 0.29) is 12.5 Å². The molecule has 0 fully saturated rings. The van der Waals surface area contributed by atoms with Crippen LogP contribution in [-0.4, -0.2) is 15.5 Å². The van der Waals surface area contributed by atoms with Crippen LogP contribution in [-0.2, 0) is 11.3 Å². The molecule has 1 amide bonds. The summed E-state index contributed by atoms with van der Waals surface area (Å²) in [7, 11) is 0. The number of hydrogen-bond donors (Lipinski definition) is 1. The molecule has 0 bridgehead atoms. The van der Waals surface area contributed by atoms with Crippen molar-refractivity contribution < 1.29 is 4.79 Å². The minimum Gasteiger partial charge on any atom is -0.323 e. The second-order valence-electron chi connectivity index (χ2n) is 4.91. The first kappa shape index (κ1) is 14.9. The highest BCUT2D eigenvalue weighted by atomic mass is 35.5. The van der Waals surface area contributed by atoms with Gasteiger partial charge in [0.2, 0.25) is 5.91 Å². The number of carbonyl (C=O) groups is 1. The summed E-state index contributed by atoms with van der Waals surface area (Å²) in [5, 5.41) is 3.74. The average molecular weight is 334 g/mol. The SMILES string of the molecule is Cc1nc2ccccc2n1CC(=O)Nc1cc(Cl)ccc1Cl. The van der Waals surface area contributed by atoms with E-state index in [1.165, 1.54) is 0 Å². The number of amides is 1. The maximum Gasteiger partial charge on any atom is 0.244 e. The minimum absolute atomic E-state index is 0.162.